The van der Waals surface area contributed by atoms with E-state index in [-0.39, 0.29) is 18.0 Å². The van der Waals surface area contributed by atoms with Crippen molar-refractivity contribution in [1.82, 2.24) is 20.5 Å². The zero-order valence-corrected chi connectivity index (χ0v) is 25.4. The van der Waals surface area contributed by atoms with Gasteiger partial charge in [0.05, 0.1) is 11.3 Å². The zero-order chi connectivity index (χ0) is 30.6. The smallest absolute Gasteiger partial charge is 0.319 e. The minimum atomic E-state index is -0.273. The predicted octanol–water partition coefficient (Wildman–Crippen LogP) is 3.99. The quantitative estimate of drug-likeness (QED) is 0.279. The van der Waals surface area contributed by atoms with E-state index in [1.54, 1.807) is 12.4 Å². The summed E-state index contributed by atoms with van der Waals surface area (Å²) in [6, 6.07) is 16.9. The highest BCUT2D eigenvalue weighted by atomic mass is 16.2. The highest BCUT2D eigenvalue weighted by Gasteiger charge is 2.19. The summed E-state index contributed by atoms with van der Waals surface area (Å²) in [5.41, 5.74) is 11.3. The number of carbonyl (C=O) groups excluding carboxylic acids is 2. The van der Waals surface area contributed by atoms with Gasteiger partial charge in [0.2, 0.25) is 0 Å². The number of aromatic nitrogens is 1. The van der Waals surface area contributed by atoms with Crippen LogP contribution < -0.4 is 26.6 Å². The first-order valence-electron chi connectivity index (χ1n) is 15.7. The first-order valence-corrected chi connectivity index (χ1v) is 15.7. The molecule has 3 heterocycles. The Balaban J connectivity index is 1.23. The molecule has 5 N–H and O–H groups in total. The van der Waals surface area contributed by atoms with Gasteiger partial charge in [0, 0.05) is 68.0 Å². The fraction of sp³-hybridized carbons (Fsp3) is 0.400. The van der Waals surface area contributed by atoms with E-state index in [9.17, 15) is 9.59 Å². The van der Waals surface area contributed by atoms with Gasteiger partial charge in [-0.1, -0.05) is 24.3 Å². The van der Waals surface area contributed by atoms with E-state index in [1.165, 1.54) is 19.3 Å². The molecule has 1 unspecified atom stereocenters. The van der Waals surface area contributed by atoms with E-state index in [4.69, 9.17) is 5.73 Å². The molecular weight excluding hydrogens is 550 g/mol. The van der Waals surface area contributed by atoms with Gasteiger partial charge in [-0.25, -0.2) is 4.79 Å². The van der Waals surface area contributed by atoms with Crippen LogP contribution in [0.1, 0.15) is 59.2 Å². The molecule has 0 radical (unpaired) electrons. The van der Waals surface area contributed by atoms with Crippen molar-refractivity contribution in [2.75, 3.05) is 56.0 Å². The molecule has 0 saturated carbocycles. The van der Waals surface area contributed by atoms with Crippen molar-refractivity contribution in [3.05, 3.63) is 89.2 Å². The summed E-state index contributed by atoms with van der Waals surface area (Å²) < 4.78 is 0. The van der Waals surface area contributed by atoms with Crippen molar-refractivity contribution in [2.24, 2.45) is 5.73 Å². The van der Waals surface area contributed by atoms with E-state index in [0.717, 1.165) is 67.9 Å². The molecule has 9 nitrogen and oxygen atoms in total. The highest BCUT2D eigenvalue weighted by molar-refractivity contribution is 5.94. The van der Waals surface area contributed by atoms with Gasteiger partial charge in [0.25, 0.3) is 5.91 Å². The third kappa shape index (κ3) is 9.30. The molecule has 0 bridgehead atoms. The first kappa shape index (κ1) is 31.0. The largest absolute Gasteiger partial charge is 0.369 e. The maximum absolute atomic E-state index is 12.7. The molecule has 5 rings (SSSR count). The molecule has 0 aliphatic carbocycles. The lowest BCUT2D eigenvalue weighted by Gasteiger charge is -2.33. The number of rotatable bonds is 9. The van der Waals surface area contributed by atoms with Gasteiger partial charge in [-0.2, -0.15) is 0 Å². The van der Waals surface area contributed by atoms with Gasteiger partial charge in [0.15, 0.2) is 0 Å². The summed E-state index contributed by atoms with van der Waals surface area (Å²) in [6.07, 6.45) is 10.1. The number of nitrogens with zero attached hydrogens (tertiary/aromatic N) is 3. The molecule has 2 saturated heterocycles. The lowest BCUT2D eigenvalue weighted by Crippen LogP contribution is -2.43. The third-order valence-electron chi connectivity index (χ3n) is 8.13. The van der Waals surface area contributed by atoms with Crippen LogP contribution >= 0.6 is 0 Å². The second kappa shape index (κ2) is 15.9. The molecule has 0 spiro atoms. The number of nitrogens with two attached hydrogens (primary N) is 1. The van der Waals surface area contributed by atoms with Crippen LogP contribution in [-0.4, -0.2) is 73.7 Å². The summed E-state index contributed by atoms with van der Waals surface area (Å²) in [7, 11) is 0. The molecule has 9 heteroatoms. The van der Waals surface area contributed by atoms with Crippen molar-refractivity contribution >= 4 is 23.3 Å². The van der Waals surface area contributed by atoms with E-state index < -0.39 is 0 Å². The predicted molar refractivity (Wildman–Crippen MR) is 176 cm³/mol. The Morgan fingerprint density at radius 2 is 1.77 bits per heavy atom. The molecule has 2 fully saturated rings. The molecule has 1 aromatic heterocycles. The second-order valence-corrected chi connectivity index (χ2v) is 11.6. The van der Waals surface area contributed by atoms with E-state index in [0.29, 0.717) is 30.8 Å². The highest BCUT2D eigenvalue weighted by Crippen LogP contribution is 2.27. The maximum Gasteiger partial charge on any atom is 0.319 e. The van der Waals surface area contributed by atoms with Crippen LogP contribution in [0.5, 0.6) is 0 Å². The zero-order valence-electron chi connectivity index (χ0n) is 25.4. The SMILES string of the molecule is NC1CCCN(c2ccc(NC(=O)NCCc3cccnc3)cc2C#Cc2ccc(C(=O)NCCN3CCCCC3)cc2)C1. The summed E-state index contributed by atoms with van der Waals surface area (Å²) >= 11 is 0. The van der Waals surface area contributed by atoms with Gasteiger partial charge in [0.1, 0.15) is 0 Å². The molecule has 2 aliphatic heterocycles. The van der Waals surface area contributed by atoms with Crippen LogP contribution in [0.25, 0.3) is 0 Å². The monoisotopic (exact) mass is 593 g/mol. The number of amides is 3. The van der Waals surface area contributed by atoms with E-state index in [1.807, 2.05) is 54.6 Å². The van der Waals surface area contributed by atoms with Gasteiger partial charge in [-0.3, -0.25) is 9.78 Å². The van der Waals surface area contributed by atoms with Crippen molar-refractivity contribution in [3.63, 3.8) is 0 Å². The number of hydrogen-bond acceptors (Lipinski definition) is 6. The van der Waals surface area contributed by atoms with Crippen LogP contribution in [0.3, 0.4) is 0 Å². The molecule has 2 aliphatic rings. The van der Waals surface area contributed by atoms with Gasteiger partial charge in [-0.15, -0.1) is 0 Å². The van der Waals surface area contributed by atoms with Crippen LogP contribution in [0.4, 0.5) is 16.2 Å². The third-order valence-corrected chi connectivity index (χ3v) is 8.13. The molecule has 44 heavy (non-hydrogen) atoms. The number of anilines is 2. The van der Waals surface area contributed by atoms with Crippen LogP contribution in [0.2, 0.25) is 0 Å². The number of carbonyl (C=O) groups is 2. The Morgan fingerprint density at radius 3 is 2.55 bits per heavy atom. The normalized spacial score (nSPS) is 16.8. The van der Waals surface area contributed by atoms with Crippen molar-refractivity contribution in [3.8, 4) is 11.8 Å². The Bertz CT molecular complexity index is 1440. The summed E-state index contributed by atoms with van der Waals surface area (Å²) in [6.45, 7) is 5.95. The average molecular weight is 594 g/mol. The average Bonchev–Trinajstić information content (AvgIpc) is 3.05. The lowest BCUT2D eigenvalue weighted by molar-refractivity contribution is 0.0946. The summed E-state index contributed by atoms with van der Waals surface area (Å²) in [5, 5.41) is 8.89. The first-order chi connectivity index (χ1) is 21.5. The van der Waals surface area contributed by atoms with Gasteiger partial charge >= 0.3 is 6.03 Å². The van der Waals surface area contributed by atoms with Crippen LogP contribution in [0, 0.1) is 11.8 Å². The molecule has 1 atom stereocenters. The number of piperidine rings is 2. The standard InChI is InChI=1S/C35H43N7O2/c36-31-7-5-22-42(26-31)33-15-14-32(40-35(44)39-18-16-28-6-4-17-37-25-28)24-30(33)13-10-27-8-11-29(12-9-27)34(43)38-19-23-41-20-2-1-3-21-41/h4,6,8-9,11-12,14-15,17,24-25,31H,1-3,5,7,16,18-23,26,36H2,(H,38,43)(H2,39,40,44). The maximum atomic E-state index is 12.7. The minimum absolute atomic E-state index is 0.0669. The Kier molecular flexibility index (Phi) is 11.2. The Labute approximate surface area is 260 Å². The molecule has 3 aromatic rings. The summed E-state index contributed by atoms with van der Waals surface area (Å²) in [5.74, 6) is 6.51. The van der Waals surface area contributed by atoms with Crippen molar-refractivity contribution < 1.29 is 9.59 Å². The molecule has 2 aromatic carbocycles. The Hall–Kier alpha value is -4.39. The fourth-order valence-corrected chi connectivity index (χ4v) is 5.72. The fourth-order valence-electron chi connectivity index (χ4n) is 5.72. The van der Waals surface area contributed by atoms with Gasteiger partial charge in [-0.05, 0) is 99.3 Å². The number of benzene rings is 2. The second-order valence-electron chi connectivity index (χ2n) is 11.6. The van der Waals surface area contributed by atoms with Gasteiger partial charge < -0.3 is 31.5 Å². The van der Waals surface area contributed by atoms with Crippen LogP contribution in [-0.2, 0) is 6.42 Å². The number of urea groups is 1. The van der Waals surface area contributed by atoms with Crippen molar-refractivity contribution in [2.45, 2.75) is 44.6 Å². The lowest BCUT2D eigenvalue weighted by atomic mass is 10.0. The van der Waals surface area contributed by atoms with Crippen LogP contribution in [0.15, 0.2) is 67.0 Å². The number of hydrogen-bond donors (Lipinski definition) is 4. The molecule has 230 valence electrons. The van der Waals surface area contributed by atoms with Crippen molar-refractivity contribution in [1.29, 1.82) is 0 Å². The van der Waals surface area contributed by atoms with E-state index >= 15 is 0 Å². The topological polar surface area (TPSA) is 116 Å². The number of pyridine rings is 1. The molecular formula is C35H43N7O2. The number of likely N-dealkylation sites (tertiary alicyclic amines) is 1. The minimum Gasteiger partial charge on any atom is -0.369 e. The van der Waals surface area contributed by atoms with E-state index in [2.05, 4.69) is 42.6 Å². The number of nitrogens with one attached hydrogen (secondary N) is 3. The summed E-state index contributed by atoms with van der Waals surface area (Å²) in [4.78, 5) is 34.1. The molecule has 3 amide bonds. The Morgan fingerprint density at radius 1 is 0.932 bits per heavy atom.